The summed E-state index contributed by atoms with van der Waals surface area (Å²) >= 11 is 0. The highest BCUT2D eigenvalue weighted by Gasteiger charge is 2.49. The van der Waals surface area contributed by atoms with E-state index in [1.165, 1.54) is 32.1 Å². The second kappa shape index (κ2) is 7.46. The second-order valence-electron chi connectivity index (χ2n) is 9.95. The quantitative estimate of drug-likeness (QED) is 0.800. The molecule has 2 aliphatic carbocycles. The van der Waals surface area contributed by atoms with Gasteiger partial charge in [-0.15, -0.1) is 0 Å². The number of amides is 1. The highest BCUT2D eigenvalue weighted by atomic mass is 16.6. The molecule has 1 amide bonds. The van der Waals surface area contributed by atoms with E-state index in [0.29, 0.717) is 6.04 Å². The number of hydrogen-bond donors (Lipinski definition) is 1. The molecule has 1 aliphatic heterocycles. The molecule has 0 radical (unpaired) electrons. The van der Waals surface area contributed by atoms with Crippen LogP contribution in [0.4, 0.5) is 4.79 Å². The Hall–Kier alpha value is -0.770. The van der Waals surface area contributed by atoms with E-state index >= 15 is 0 Å². The first-order chi connectivity index (χ1) is 11.8. The molecule has 3 unspecified atom stereocenters. The van der Waals surface area contributed by atoms with Crippen LogP contribution in [0.5, 0.6) is 0 Å². The average Bonchev–Trinajstić information content (AvgIpc) is 2.49. The predicted molar refractivity (Wildman–Crippen MR) is 102 cm³/mol. The number of hydrogen-bond acceptors (Lipinski definition) is 3. The maximum atomic E-state index is 12.7. The number of rotatable bonds is 3. The third-order valence-corrected chi connectivity index (χ3v) is 6.54. The molecule has 0 aromatic rings. The molecule has 1 N–H and O–H groups in total. The number of nitrogens with zero attached hydrogens (tertiary/aromatic N) is 1. The van der Waals surface area contributed by atoms with Crippen molar-refractivity contribution in [3.05, 3.63) is 0 Å². The molecule has 3 atom stereocenters. The predicted octanol–water partition coefficient (Wildman–Crippen LogP) is 4.72. The lowest BCUT2D eigenvalue weighted by molar-refractivity contribution is -0.0496. The van der Waals surface area contributed by atoms with Gasteiger partial charge in [-0.05, 0) is 84.1 Å². The molecule has 1 heterocycles. The van der Waals surface area contributed by atoms with Crippen molar-refractivity contribution < 1.29 is 9.53 Å². The van der Waals surface area contributed by atoms with Crippen LogP contribution in [0.3, 0.4) is 0 Å². The smallest absolute Gasteiger partial charge is 0.410 e. The van der Waals surface area contributed by atoms with Gasteiger partial charge in [-0.3, -0.25) is 0 Å². The Kier molecular flexibility index (Phi) is 5.67. The molecule has 1 spiro atoms. The highest BCUT2D eigenvalue weighted by Crippen LogP contribution is 2.45. The van der Waals surface area contributed by atoms with E-state index in [4.69, 9.17) is 4.74 Å². The van der Waals surface area contributed by atoms with Crippen LogP contribution >= 0.6 is 0 Å². The zero-order valence-electron chi connectivity index (χ0n) is 16.8. The molecule has 3 aliphatic rings. The molecule has 3 fully saturated rings. The lowest BCUT2D eigenvalue weighted by Gasteiger charge is -2.55. The van der Waals surface area contributed by atoms with Crippen LogP contribution in [0.15, 0.2) is 0 Å². The first-order valence-electron chi connectivity index (χ1n) is 10.5. The summed E-state index contributed by atoms with van der Waals surface area (Å²) < 4.78 is 5.68. The van der Waals surface area contributed by atoms with Gasteiger partial charge < -0.3 is 15.0 Å². The summed E-state index contributed by atoms with van der Waals surface area (Å²) in [6.07, 6.45) is 11.2. The summed E-state index contributed by atoms with van der Waals surface area (Å²) in [5, 5.41) is 3.86. The van der Waals surface area contributed by atoms with Gasteiger partial charge in [0.2, 0.25) is 0 Å². The molecule has 144 valence electrons. The number of nitrogens with one attached hydrogen (secondary N) is 1. The van der Waals surface area contributed by atoms with E-state index in [1.807, 2.05) is 20.8 Å². The van der Waals surface area contributed by atoms with Crippen molar-refractivity contribution in [2.75, 3.05) is 13.1 Å². The SMILES string of the molecule is CC1CCCC(CNC2CCN(C(=O)OC(C)(C)C)C3(CCC3)C2)C1. The summed E-state index contributed by atoms with van der Waals surface area (Å²) in [4.78, 5) is 14.7. The van der Waals surface area contributed by atoms with Crippen molar-refractivity contribution in [3.8, 4) is 0 Å². The lowest BCUT2D eigenvalue weighted by atomic mass is 9.69. The normalized spacial score (nSPS) is 32.3. The van der Waals surface area contributed by atoms with Crippen molar-refractivity contribution in [1.82, 2.24) is 10.2 Å². The number of piperidine rings is 1. The molecule has 0 bridgehead atoms. The highest BCUT2D eigenvalue weighted by molar-refractivity contribution is 5.69. The van der Waals surface area contributed by atoms with Crippen molar-refractivity contribution in [2.24, 2.45) is 11.8 Å². The van der Waals surface area contributed by atoms with Crippen LogP contribution in [0.2, 0.25) is 0 Å². The average molecular weight is 351 g/mol. The number of ether oxygens (including phenoxy) is 1. The minimum absolute atomic E-state index is 0.0676. The molecule has 3 rings (SSSR count). The van der Waals surface area contributed by atoms with Crippen LogP contribution in [-0.2, 0) is 4.74 Å². The molecule has 4 nitrogen and oxygen atoms in total. The first kappa shape index (κ1) is 19.0. The zero-order chi connectivity index (χ0) is 18.1. The van der Waals surface area contributed by atoms with Crippen LogP contribution < -0.4 is 5.32 Å². The Balaban J connectivity index is 1.53. The van der Waals surface area contributed by atoms with Gasteiger partial charge in [0.05, 0.1) is 0 Å². The van der Waals surface area contributed by atoms with Crippen LogP contribution in [-0.4, -0.2) is 41.3 Å². The van der Waals surface area contributed by atoms with Crippen molar-refractivity contribution in [3.63, 3.8) is 0 Å². The summed E-state index contributed by atoms with van der Waals surface area (Å²) in [5.74, 6) is 1.75. The van der Waals surface area contributed by atoms with Crippen molar-refractivity contribution in [1.29, 1.82) is 0 Å². The topological polar surface area (TPSA) is 41.6 Å². The number of carbonyl (C=O) groups excluding carboxylic acids is 1. The van der Waals surface area contributed by atoms with E-state index in [9.17, 15) is 4.79 Å². The standard InChI is InChI=1S/C21H38N2O2/c1-16-7-5-8-17(13-16)15-22-18-9-12-23(19(24)25-20(2,3)4)21(14-18)10-6-11-21/h16-18,22H,5-15H2,1-4H3. The van der Waals surface area contributed by atoms with Gasteiger partial charge in [0, 0.05) is 18.1 Å². The van der Waals surface area contributed by atoms with Crippen molar-refractivity contribution >= 4 is 6.09 Å². The van der Waals surface area contributed by atoms with Crippen LogP contribution in [0, 0.1) is 11.8 Å². The van der Waals surface area contributed by atoms with Gasteiger partial charge in [0.25, 0.3) is 0 Å². The van der Waals surface area contributed by atoms with Gasteiger partial charge in [-0.2, -0.15) is 0 Å². The van der Waals surface area contributed by atoms with Crippen molar-refractivity contribution in [2.45, 2.75) is 103 Å². The van der Waals surface area contributed by atoms with E-state index in [1.54, 1.807) is 0 Å². The van der Waals surface area contributed by atoms with E-state index < -0.39 is 5.60 Å². The fraction of sp³-hybridized carbons (Fsp3) is 0.952. The van der Waals surface area contributed by atoms with E-state index in [-0.39, 0.29) is 11.6 Å². The Labute approximate surface area is 154 Å². The molecule has 0 aromatic carbocycles. The largest absolute Gasteiger partial charge is 0.444 e. The van der Waals surface area contributed by atoms with Gasteiger partial charge in [-0.1, -0.05) is 19.8 Å². The van der Waals surface area contributed by atoms with Gasteiger partial charge in [-0.25, -0.2) is 4.79 Å². The number of carbonyl (C=O) groups is 1. The fourth-order valence-corrected chi connectivity index (χ4v) is 5.11. The molecular weight excluding hydrogens is 312 g/mol. The van der Waals surface area contributed by atoms with Crippen LogP contribution in [0.1, 0.15) is 85.5 Å². The Morgan fingerprint density at radius 1 is 1.20 bits per heavy atom. The number of likely N-dealkylation sites (tertiary alicyclic amines) is 1. The molecule has 4 heteroatoms. The second-order valence-corrected chi connectivity index (χ2v) is 9.95. The third-order valence-electron chi connectivity index (χ3n) is 6.54. The molecular formula is C21H38N2O2. The summed E-state index contributed by atoms with van der Waals surface area (Å²) in [6.45, 7) is 10.3. The van der Waals surface area contributed by atoms with E-state index in [0.717, 1.165) is 50.6 Å². The van der Waals surface area contributed by atoms with E-state index in [2.05, 4.69) is 17.1 Å². The van der Waals surface area contributed by atoms with Gasteiger partial charge >= 0.3 is 6.09 Å². The minimum Gasteiger partial charge on any atom is -0.444 e. The lowest BCUT2D eigenvalue weighted by Crippen LogP contribution is -2.63. The van der Waals surface area contributed by atoms with Gasteiger partial charge in [0.1, 0.15) is 5.60 Å². The minimum atomic E-state index is -0.408. The third kappa shape index (κ3) is 4.69. The Bertz CT molecular complexity index is 467. The van der Waals surface area contributed by atoms with Gasteiger partial charge in [0.15, 0.2) is 0 Å². The summed E-state index contributed by atoms with van der Waals surface area (Å²) in [6, 6.07) is 0.566. The molecule has 25 heavy (non-hydrogen) atoms. The van der Waals surface area contributed by atoms with Crippen LogP contribution in [0.25, 0.3) is 0 Å². The monoisotopic (exact) mass is 350 g/mol. The maximum absolute atomic E-state index is 12.7. The zero-order valence-corrected chi connectivity index (χ0v) is 16.8. The molecule has 1 saturated heterocycles. The Morgan fingerprint density at radius 2 is 1.96 bits per heavy atom. The first-order valence-corrected chi connectivity index (χ1v) is 10.5. The molecule has 0 aromatic heterocycles. The Morgan fingerprint density at radius 3 is 2.56 bits per heavy atom. The summed E-state index contributed by atoms with van der Waals surface area (Å²) in [7, 11) is 0. The summed E-state index contributed by atoms with van der Waals surface area (Å²) in [5.41, 5.74) is -0.340. The fourth-order valence-electron chi connectivity index (χ4n) is 5.11. The maximum Gasteiger partial charge on any atom is 0.410 e. The molecule has 2 saturated carbocycles.